The molecule has 1 aliphatic rings. The molecule has 3 nitrogen and oxygen atoms in total. The maximum absolute atomic E-state index is 11.3. The molecule has 0 bridgehead atoms. The Bertz CT molecular complexity index is 594. The smallest absolute Gasteiger partial charge is 0.166 e. The van der Waals surface area contributed by atoms with Gasteiger partial charge < -0.3 is 9.30 Å². The van der Waals surface area contributed by atoms with Crippen LogP contribution in [0.15, 0.2) is 18.2 Å². The molecule has 0 spiro atoms. The van der Waals surface area contributed by atoms with Gasteiger partial charge in [0.05, 0.1) is 12.8 Å². The molecular formula is C14H15NO2. The predicted molar refractivity (Wildman–Crippen MR) is 66.9 cm³/mol. The fourth-order valence-electron chi connectivity index (χ4n) is 2.47. The van der Waals surface area contributed by atoms with Crippen LogP contribution in [0.2, 0.25) is 0 Å². The van der Waals surface area contributed by atoms with Gasteiger partial charge >= 0.3 is 0 Å². The summed E-state index contributed by atoms with van der Waals surface area (Å²) in [4.78, 5) is 11.3. The van der Waals surface area contributed by atoms with Crippen molar-refractivity contribution >= 4 is 17.2 Å². The molecule has 1 fully saturated rings. The second-order valence-electron chi connectivity index (χ2n) is 4.61. The number of hydrogen-bond acceptors (Lipinski definition) is 2. The van der Waals surface area contributed by atoms with E-state index in [4.69, 9.17) is 4.74 Å². The average molecular weight is 229 g/mol. The second-order valence-corrected chi connectivity index (χ2v) is 4.61. The fourth-order valence-corrected chi connectivity index (χ4v) is 2.47. The number of nitrogens with zero attached hydrogens (tertiary/aromatic N) is 1. The van der Waals surface area contributed by atoms with Gasteiger partial charge in [-0.05, 0) is 43.5 Å². The van der Waals surface area contributed by atoms with Gasteiger partial charge in [0, 0.05) is 16.9 Å². The summed E-state index contributed by atoms with van der Waals surface area (Å²) >= 11 is 0. The second kappa shape index (κ2) is 3.62. The van der Waals surface area contributed by atoms with Crippen molar-refractivity contribution in [3.63, 3.8) is 0 Å². The molecule has 1 saturated carbocycles. The van der Waals surface area contributed by atoms with Gasteiger partial charge in [0.25, 0.3) is 0 Å². The van der Waals surface area contributed by atoms with Crippen molar-refractivity contribution in [2.45, 2.75) is 25.8 Å². The Morgan fingerprint density at radius 1 is 1.41 bits per heavy atom. The van der Waals surface area contributed by atoms with E-state index in [0.29, 0.717) is 6.04 Å². The van der Waals surface area contributed by atoms with E-state index in [1.165, 1.54) is 12.8 Å². The molecule has 17 heavy (non-hydrogen) atoms. The molecule has 1 heterocycles. The van der Waals surface area contributed by atoms with Crippen LogP contribution >= 0.6 is 0 Å². The van der Waals surface area contributed by atoms with Gasteiger partial charge in [0.1, 0.15) is 5.75 Å². The van der Waals surface area contributed by atoms with Crippen LogP contribution in [0, 0.1) is 6.92 Å². The lowest BCUT2D eigenvalue weighted by molar-refractivity contribution is 0.111. The maximum Gasteiger partial charge on any atom is 0.166 e. The molecule has 3 rings (SSSR count). The lowest BCUT2D eigenvalue weighted by atomic mass is 10.1. The Kier molecular flexibility index (Phi) is 2.21. The zero-order chi connectivity index (χ0) is 12.0. The lowest BCUT2D eigenvalue weighted by Gasteiger charge is -2.05. The van der Waals surface area contributed by atoms with Crippen LogP contribution in [0.3, 0.4) is 0 Å². The van der Waals surface area contributed by atoms with Gasteiger partial charge in [-0.15, -0.1) is 0 Å². The average Bonchev–Trinajstić information content (AvgIpc) is 3.15. The minimum absolute atomic E-state index is 0.514. The summed E-state index contributed by atoms with van der Waals surface area (Å²) in [6, 6.07) is 6.53. The first-order valence-corrected chi connectivity index (χ1v) is 5.90. The molecule has 1 aromatic heterocycles. The maximum atomic E-state index is 11.3. The van der Waals surface area contributed by atoms with Crippen LogP contribution in [0.25, 0.3) is 10.9 Å². The summed E-state index contributed by atoms with van der Waals surface area (Å²) in [7, 11) is 1.66. The minimum atomic E-state index is 0.514. The number of aromatic nitrogens is 1. The Hall–Kier alpha value is -1.77. The van der Waals surface area contributed by atoms with E-state index >= 15 is 0 Å². The van der Waals surface area contributed by atoms with Crippen LogP contribution in [0.5, 0.6) is 5.75 Å². The predicted octanol–water partition coefficient (Wildman–Crippen LogP) is 3.11. The van der Waals surface area contributed by atoms with Crippen molar-refractivity contribution in [2.75, 3.05) is 7.11 Å². The molecule has 0 amide bonds. The van der Waals surface area contributed by atoms with Crippen LogP contribution in [-0.2, 0) is 0 Å². The Labute approximate surface area is 100.0 Å². The lowest BCUT2D eigenvalue weighted by Crippen LogP contribution is -1.99. The first-order valence-electron chi connectivity index (χ1n) is 5.90. The molecular weight excluding hydrogens is 214 g/mol. The van der Waals surface area contributed by atoms with Gasteiger partial charge in [-0.2, -0.15) is 0 Å². The number of rotatable bonds is 3. The Morgan fingerprint density at radius 2 is 2.18 bits per heavy atom. The van der Waals surface area contributed by atoms with Crippen molar-refractivity contribution in [3.8, 4) is 5.75 Å². The van der Waals surface area contributed by atoms with Crippen molar-refractivity contribution in [1.82, 2.24) is 4.57 Å². The van der Waals surface area contributed by atoms with Crippen LogP contribution < -0.4 is 4.74 Å². The number of benzene rings is 1. The van der Waals surface area contributed by atoms with Crippen LogP contribution in [-0.4, -0.2) is 18.0 Å². The SMILES string of the molecule is COc1ccc2c(c1)c(C)c(C=O)n2C1CC1. The highest BCUT2D eigenvalue weighted by Gasteiger charge is 2.28. The van der Waals surface area contributed by atoms with Crippen molar-refractivity contribution in [1.29, 1.82) is 0 Å². The topological polar surface area (TPSA) is 31.2 Å². The minimum Gasteiger partial charge on any atom is -0.497 e. The van der Waals surface area contributed by atoms with Crippen LogP contribution in [0.4, 0.5) is 0 Å². The summed E-state index contributed by atoms with van der Waals surface area (Å²) in [5.74, 6) is 0.839. The summed E-state index contributed by atoms with van der Waals surface area (Å²) in [5.41, 5.74) is 3.02. The van der Waals surface area contributed by atoms with Gasteiger partial charge in [-0.25, -0.2) is 0 Å². The third kappa shape index (κ3) is 1.46. The highest BCUT2D eigenvalue weighted by atomic mass is 16.5. The molecule has 0 radical (unpaired) electrons. The zero-order valence-electron chi connectivity index (χ0n) is 10.1. The van der Waals surface area contributed by atoms with Gasteiger partial charge in [0.2, 0.25) is 0 Å². The third-order valence-electron chi connectivity index (χ3n) is 3.53. The molecule has 1 aliphatic carbocycles. The van der Waals surface area contributed by atoms with E-state index in [-0.39, 0.29) is 0 Å². The van der Waals surface area contributed by atoms with E-state index < -0.39 is 0 Å². The molecule has 88 valence electrons. The number of hydrogen-bond donors (Lipinski definition) is 0. The third-order valence-corrected chi connectivity index (χ3v) is 3.53. The molecule has 0 atom stereocenters. The fraction of sp³-hybridized carbons (Fsp3) is 0.357. The molecule has 0 aliphatic heterocycles. The van der Waals surface area contributed by atoms with Crippen LogP contribution in [0.1, 0.15) is 34.9 Å². The van der Waals surface area contributed by atoms with E-state index in [9.17, 15) is 4.79 Å². The number of aryl methyl sites for hydroxylation is 1. The van der Waals surface area contributed by atoms with Gasteiger partial charge in [0.15, 0.2) is 6.29 Å². The highest BCUT2D eigenvalue weighted by Crippen LogP contribution is 2.41. The van der Waals surface area contributed by atoms with Gasteiger partial charge in [-0.3, -0.25) is 4.79 Å². The summed E-state index contributed by atoms with van der Waals surface area (Å²) in [6.45, 7) is 2.00. The molecule has 3 heteroatoms. The van der Waals surface area contributed by atoms with E-state index in [0.717, 1.165) is 34.2 Å². The summed E-state index contributed by atoms with van der Waals surface area (Å²) in [5, 5.41) is 1.12. The number of fused-ring (bicyclic) bond motifs is 1. The highest BCUT2D eigenvalue weighted by molar-refractivity contribution is 5.94. The summed E-state index contributed by atoms with van der Waals surface area (Å²) in [6.07, 6.45) is 3.33. The standard InChI is InChI=1S/C14H15NO2/c1-9-12-7-11(17-2)5-6-13(12)15(10-3-4-10)14(9)8-16/h5-8,10H,3-4H2,1-2H3. The number of aldehydes is 1. The van der Waals surface area contributed by atoms with Gasteiger partial charge in [-0.1, -0.05) is 0 Å². The Balaban J connectivity index is 2.33. The normalized spacial score (nSPS) is 15.2. The van der Waals surface area contributed by atoms with Crippen molar-refractivity contribution in [3.05, 3.63) is 29.5 Å². The quantitative estimate of drug-likeness (QED) is 0.757. The number of methoxy groups -OCH3 is 1. The monoisotopic (exact) mass is 229 g/mol. The molecule has 0 unspecified atom stereocenters. The number of ether oxygens (including phenoxy) is 1. The summed E-state index contributed by atoms with van der Waals surface area (Å²) < 4.78 is 7.42. The largest absolute Gasteiger partial charge is 0.497 e. The zero-order valence-corrected chi connectivity index (χ0v) is 10.1. The van der Waals surface area contributed by atoms with E-state index in [1.807, 2.05) is 25.1 Å². The van der Waals surface area contributed by atoms with Crippen molar-refractivity contribution in [2.24, 2.45) is 0 Å². The van der Waals surface area contributed by atoms with E-state index in [1.54, 1.807) is 7.11 Å². The Morgan fingerprint density at radius 3 is 2.76 bits per heavy atom. The first-order chi connectivity index (χ1) is 8.26. The molecule has 2 aromatic rings. The molecule has 0 N–H and O–H groups in total. The first kappa shape index (κ1) is 10.4. The van der Waals surface area contributed by atoms with E-state index in [2.05, 4.69) is 4.57 Å². The number of carbonyl (C=O) groups excluding carboxylic acids is 1. The number of carbonyl (C=O) groups is 1. The molecule has 1 aromatic carbocycles. The molecule has 0 saturated heterocycles. The van der Waals surface area contributed by atoms with Crippen molar-refractivity contribution < 1.29 is 9.53 Å².